The maximum Gasteiger partial charge on any atom is 0.266 e. The fourth-order valence-electron chi connectivity index (χ4n) is 2.97. The Morgan fingerprint density at radius 3 is 2.38 bits per heavy atom. The van der Waals surface area contributed by atoms with Gasteiger partial charge in [-0.1, -0.05) is 13.8 Å². The van der Waals surface area contributed by atoms with E-state index in [2.05, 4.69) is 34.9 Å². The minimum Gasteiger partial charge on any atom is -0.486 e. The quantitative estimate of drug-likeness (QED) is 0.661. The number of nitrogens with zero attached hydrogens (tertiary/aromatic N) is 7. The van der Waals surface area contributed by atoms with Crippen LogP contribution in [-0.4, -0.2) is 51.3 Å². The normalized spacial score (nSPS) is 14.4. The lowest BCUT2D eigenvalue weighted by Crippen LogP contribution is -2.47. The summed E-state index contributed by atoms with van der Waals surface area (Å²) in [5, 5.41) is 4.08. The third kappa shape index (κ3) is 4.36. The lowest BCUT2D eigenvalue weighted by atomic mass is 10.2. The zero-order valence-corrected chi connectivity index (χ0v) is 16.5. The minimum atomic E-state index is 0.224. The van der Waals surface area contributed by atoms with Crippen molar-refractivity contribution in [2.45, 2.75) is 26.4 Å². The van der Waals surface area contributed by atoms with Gasteiger partial charge in [-0.3, -0.25) is 4.98 Å². The van der Waals surface area contributed by atoms with Crippen LogP contribution in [0, 0.1) is 0 Å². The van der Waals surface area contributed by atoms with E-state index in [1.54, 1.807) is 24.8 Å². The Balaban J connectivity index is 1.31. The van der Waals surface area contributed by atoms with Gasteiger partial charge in [0.25, 0.3) is 5.95 Å². The largest absolute Gasteiger partial charge is 0.486 e. The predicted octanol–water partition coefficient (Wildman–Crippen LogP) is 1.87. The first kappa shape index (κ1) is 18.9. The van der Waals surface area contributed by atoms with Gasteiger partial charge in [0.2, 0.25) is 11.8 Å². The van der Waals surface area contributed by atoms with Crippen molar-refractivity contribution < 1.29 is 9.26 Å². The molecule has 3 aromatic rings. The number of piperazine rings is 1. The third-order valence-corrected chi connectivity index (χ3v) is 4.73. The molecule has 10 nitrogen and oxygen atoms in total. The van der Waals surface area contributed by atoms with Gasteiger partial charge in [-0.25, -0.2) is 9.97 Å². The molecule has 0 atom stereocenters. The molecule has 0 amide bonds. The number of rotatable bonds is 6. The van der Waals surface area contributed by atoms with Crippen LogP contribution in [0.4, 0.5) is 17.6 Å². The van der Waals surface area contributed by atoms with E-state index in [1.165, 1.54) is 0 Å². The Bertz CT molecular complexity index is 935. The summed E-state index contributed by atoms with van der Waals surface area (Å²) < 4.78 is 11.0. The lowest BCUT2D eigenvalue weighted by molar-refractivity contribution is 0.304. The van der Waals surface area contributed by atoms with E-state index in [9.17, 15) is 0 Å². The van der Waals surface area contributed by atoms with Crippen molar-refractivity contribution in [1.29, 1.82) is 0 Å². The molecule has 4 heterocycles. The lowest BCUT2D eigenvalue weighted by Gasteiger charge is -2.33. The topological polar surface area (TPSA) is 119 Å². The second-order valence-electron chi connectivity index (χ2n) is 7.14. The molecule has 1 saturated heterocycles. The van der Waals surface area contributed by atoms with Crippen molar-refractivity contribution in [3.63, 3.8) is 0 Å². The molecule has 0 saturated carbocycles. The third-order valence-electron chi connectivity index (χ3n) is 4.73. The van der Waals surface area contributed by atoms with Gasteiger partial charge in [0.05, 0.1) is 24.3 Å². The van der Waals surface area contributed by atoms with Gasteiger partial charge in [0, 0.05) is 43.9 Å². The molecule has 0 unspecified atom stereocenters. The molecular weight excluding hydrogens is 372 g/mol. The van der Waals surface area contributed by atoms with Crippen LogP contribution in [0.1, 0.15) is 31.2 Å². The highest BCUT2D eigenvalue weighted by Crippen LogP contribution is 2.20. The van der Waals surface area contributed by atoms with Crippen molar-refractivity contribution in [2.24, 2.45) is 0 Å². The Labute approximate surface area is 168 Å². The molecule has 2 N–H and O–H groups in total. The van der Waals surface area contributed by atoms with E-state index < -0.39 is 0 Å². The molecule has 0 spiro atoms. The average Bonchev–Trinajstić information content (AvgIpc) is 3.24. The van der Waals surface area contributed by atoms with Crippen molar-refractivity contribution in [1.82, 2.24) is 25.1 Å². The zero-order chi connectivity index (χ0) is 20.2. The fourth-order valence-corrected chi connectivity index (χ4v) is 2.97. The molecule has 0 aromatic carbocycles. The summed E-state index contributed by atoms with van der Waals surface area (Å²) >= 11 is 0. The van der Waals surface area contributed by atoms with Gasteiger partial charge in [-0.15, -0.1) is 0 Å². The van der Waals surface area contributed by atoms with Crippen LogP contribution in [-0.2, 0) is 6.61 Å². The summed E-state index contributed by atoms with van der Waals surface area (Å²) in [7, 11) is 0. The summed E-state index contributed by atoms with van der Waals surface area (Å²) in [4.78, 5) is 21.6. The Kier molecular flexibility index (Phi) is 5.41. The number of hydrogen-bond acceptors (Lipinski definition) is 10. The smallest absolute Gasteiger partial charge is 0.266 e. The zero-order valence-electron chi connectivity index (χ0n) is 16.5. The predicted molar refractivity (Wildman–Crippen MR) is 108 cm³/mol. The molecule has 1 aliphatic rings. The molecule has 0 aliphatic carbocycles. The van der Waals surface area contributed by atoms with Crippen LogP contribution in [0.5, 0.6) is 5.75 Å². The number of nitrogen functional groups attached to an aromatic ring is 1. The van der Waals surface area contributed by atoms with Crippen LogP contribution in [0.3, 0.4) is 0 Å². The Hall–Kier alpha value is -3.43. The molecule has 0 radical (unpaired) electrons. The molecule has 4 rings (SSSR count). The first-order valence-electron chi connectivity index (χ1n) is 9.57. The number of aromatic nitrogens is 5. The molecule has 1 fully saturated rings. The number of anilines is 3. The van der Waals surface area contributed by atoms with E-state index in [0.29, 0.717) is 35.8 Å². The van der Waals surface area contributed by atoms with Gasteiger partial charge in [-0.05, 0) is 11.2 Å². The van der Waals surface area contributed by atoms with Crippen molar-refractivity contribution in [3.8, 4) is 5.75 Å². The van der Waals surface area contributed by atoms with Gasteiger partial charge in [-0.2, -0.15) is 4.98 Å². The van der Waals surface area contributed by atoms with E-state index in [1.807, 2.05) is 19.9 Å². The van der Waals surface area contributed by atoms with E-state index in [-0.39, 0.29) is 5.92 Å². The molecule has 10 heteroatoms. The van der Waals surface area contributed by atoms with E-state index >= 15 is 0 Å². The van der Waals surface area contributed by atoms with Crippen LogP contribution < -0.4 is 20.3 Å². The molecule has 0 bridgehead atoms. The van der Waals surface area contributed by atoms with Gasteiger partial charge < -0.3 is 24.8 Å². The number of ether oxygens (including phenoxy) is 1. The number of pyridine rings is 1. The first-order valence-corrected chi connectivity index (χ1v) is 9.57. The average molecular weight is 396 g/mol. The van der Waals surface area contributed by atoms with Crippen molar-refractivity contribution >= 4 is 17.6 Å². The summed E-state index contributed by atoms with van der Waals surface area (Å²) in [5.74, 6) is 2.80. The highest BCUT2D eigenvalue weighted by Gasteiger charge is 2.23. The second-order valence-corrected chi connectivity index (χ2v) is 7.14. The Morgan fingerprint density at radius 1 is 1.07 bits per heavy atom. The molecule has 152 valence electrons. The van der Waals surface area contributed by atoms with Gasteiger partial charge >= 0.3 is 0 Å². The number of hydrogen-bond donors (Lipinski definition) is 1. The molecule has 1 aliphatic heterocycles. The monoisotopic (exact) mass is 396 g/mol. The minimum absolute atomic E-state index is 0.224. The van der Waals surface area contributed by atoms with Crippen LogP contribution in [0.25, 0.3) is 0 Å². The highest BCUT2D eigenvalue weighted by molar-refractivity contribution is 5.43. The van der Waals surface area contributed by atoms with Crippen molar-refractivity contribution in [2.75, 3.05) is 41.7 Å². The van der Waals surface area contributed by atoms with E-state index in [0.717, 1.165) is 31.7 Å². The Morgan fingerprint density at radius 2 is 1.76 bits per heavy atom. The maximum atomic E-state index is 5.88. The summed E-state index contributed by atoms with van der Waals surface area (Å²) in [6, 6.07) is 1.83. The first-order chi connectivity index (χ1) is 14.1. The van der Waals surface area contributed by atoms with Crippen LogP contribution in [0.2, 0.25) is 0 Å². The standard InChI is InChI=1S/C19H24N8O2/c1-13(2)17-24-19(25-29-17)27-7-5-26(6-8-27)18-22-9-15(10-23-18)28-12-14-3-4-21-11-16(14)20/h3-4,9-11,13H,5-8,12,20H2,1-2H3. The molecule has 3 aromatic heterocycles. The second kappa shape index (κ2) is 8.29. The molecule has 29 heavy (non-hydrogen) atoms. The maximum absolute atomic E-state index is 5.88. The van der Waals surface area contributed by atoms with Gasteiger partial charge in [0.1, 0.15) is 6.61 Å². The summed E-state index contributed by atoms with van der Waals surface area (Å²) in [6.07, 6.45) is 6.66. The fraction of sp³-hybridized carbons (Fsp3) is 0.421. The van der Waals surface area contributed by atoms with Crippen LogP contribution in [0.15, 0.2) is 35.4 Å². The van der Waals surface area contributed by atoms with Crippen molar-refractivity contribution in [3.05, 3.63) is 42.3 Å². The summed E-state index contributed by atoms with van der Waals surface area (Å²) in [6.45, 7) is 7.52. The van der Waals surface area contributed by atoms with Gasteiger partial charge in [0.15, 0.2) is 5.75 Å². The SMILES string of the molecule is CC(C)c1nc(N2CCN(c3ncc(OCc4ccncc4N)cn3)CC2)no1. The highest BCUT2D eigenvalue weighted by atomic mass is 16.5. The van der Waals surface area contributed by atoms with E-state index in [4.69, 9.17) is 15.0 Å². The van der Waals surface area contributed by atoms with Crippen LogP contribution >= 0.6 is 0 Å². The molecular formula is C19H24N8O2. The number of nitrogens with two attached hydrogens (primary N) is 1. The summed E-state index contributed by atoms with van der Waals surface area (Å²) in [5.41, 5.74) is 7.36.